The van der Waals surface area contributed by atoms with Crippen molar-refractivity contribution in [2.45, 2.75) is 30.6 Å². The van der Waals surface area contributed by atoms with E-state index in [1.165, 1.54) is 4.90 Å². The van der Waals surface area contributed by atoms with Crippen molar-refractivity contribution in [3.8, 4) is 0 Å². The Labute approximate surface area is 213 Å². The first kappa shape index (κ1) is 26.4. The molecule has 1 saturated heterocycles. The molecule has 1 aliphatic heterocycles. The predicted molar refractivity (Wildman–Crippen MR) is 125 cm³/mol. The minimum absolute atomic E-state index is 0.0140. The summed E-state index contributed by atoms with van der Waals surface area (Å²) in [5, 5.41) is 0.748. The molecule has 0 aliphatic carbocycles. The van der Waals surface area contributed by atoms with Gasteiger partial charge in [-0.25, -0.2) is 0 Å². The van der Waals surface area contributed by atoms with Gasteiger partial charge in [-0.3, -0.25) is 4.79 Å². The third kappa shape index (κ3) is 5.65. The number of alkyl halides is 6. The maximum atomic E-state index is 13.3. The molecular weight excluding hydrogens is 527 g/mol. The van der Waals surface area contributed by atoms with E-state index in [4.69, 9.17) is 23.2 Å². The fraction of sp³-hybridized carbons (Fsp3) is 0.269. The van der Waals surface area contributed by atoms with Crippen molar-refractivity contribution in [3.05, 3.63) is 105 Å². The summed E-state index contributed by atoms with van der Waals surface area (Å²) in [6.45, 7) is 0.246. The van der Waals surface area contributed by atoms with Gasteiger partial charge in [-0.1, -0.05) is 59.6 Å². The van der Waals surface area contributed by atoms with E-state index in [1.807, 2.05) is 36.4 Å². The molecular formula is C26H19Cl2F6NO. The Hall–Kier alpha value is -2.71. The van der Waals surface area contributed by atoms with E-state index in [0.717, 1.165) is 11.1 Å². The first-order valence-corrected chi connectivity index (χ1v) is 11.7. The van der Waals surface area contributed by atoms with E-state index >= 15 is 0 Å². The van der Waals surface area contributed by atoms with E-state index < -0.39 is 35.0 Å². The van der Waals surface area contributed by atoms with Crippen LogP contribution in [0, 0.1) is 0 Å². The van der Waals surface area contributed by atoms with Gasteiger partial charge in [-0.15, -0.1) is 0 Å². The van der Waals surface area contributed by atoms with Crippen LogP contribution >= 0.6 is 23.2 Å². The molecule has 2 unspecified atom stereocenters. The zero-order valence-corrected chi connectivity index (χ0v) is 20.0. The van der Waals surface area contributed by atoms with E-state index in [-0.39, 0.29) is 31.0 Å². The third-order valence-electron chi connectivity index (χ3n) is 6.33. The van der Waals surface area contributed by atoms with Crippen LogP contribution < -0.4 is 0 Å². The minimum atomic E-state index is -5.04. The van der Waals surface area contributed by atoms with Crippen LogP contribution in [0.4, 0.5) is 26.3 Å². The highest BCUT2D eigenvalue weighted by Crippen LogP contribution is 2.42. The highest BCUT2D eigenvalue weighted by molar-refractivity contribution is 6.42. The lowest BCUT2D eigenvalue weighted by atomic mass is 9.76. The van der Waals surface area contributed by atoms with Crippen molar-refractivity contribution < 1.29 is 31.1 Å². The van der Waals surface area contributed by atoms with Crippen LogP contribution in [0.15, 0.2) is 66.7 Å². The number of rotatable bonds is 3. The number of hydrogen-bond acceptors (Lipinski definition) is 1. The van der Waals surface area contributed by atoms with Gasteiger partial charge in [0.1, 0.15) is 0 Å². The van der Waals surface area contributed by atoms with Crippen molar-refractivity contribution in [2.24, 2.45) is 0 Å². The Morgan fingerprint density at radius 1 is 0.750 bits per heavy atom. The fourth-order valence-electron chi connectivity index (χ4n) is 4.58. The molecule has 1 amide bonds. The van der Waals surface area contributed by atoms with Crippen molar-refractivity contribution in [3.63, 3.8) is 0 Å². The second-order valence-electron chi connectivity index (χ2n) is 8.63. The Morgan fingerprint density at radius 3 is 1.92 bits per heavy atom. The summed E-state index contributed by atoms with van der Waals surface area (Å²) in [6, 6.07) is 15.4. The standard InChI is InChI=1S/C26H19Cl2F6NO/c27-22-7-6-16(12-23(22)28)20-8-9-35(14-21(20)15-4-2-1-3-5-15)24(36)17-10-18(25(29,30)31)13-19(11-17)26(32,33)34/h1-7,10-13,20-21H,8-9,14H2. The molecule has 0 aromatic heterocycles. The number of benzene rings is 3. The molecule has 0 radical (unpaired) electrons. The molecule has 190 valence electrons. The van der Waals surface area contributed by atoms with E-state index in [9.17, 15) is 31.1 Å². The molecule has 4 rings (SSSR count). The average molecular weight is 546 g/mol. The summed E-state index contributed by atoms with van der Waals surface area (Å²) in [5.41, 5.74) is -1.94. The smallest absolute Gasteiger partial charge is 0.338 e. The summed E-state index contributed by atoms with van der Waals surface area (Å²) in [5.74, 6) is -1.26. The quantitative estimate of drug-likeness (QED) is 0.302. The second-order valence-corrected chi connectivity index (χ2v) is 9.45. The van der Waals surface area contributed by atoms with Crippen LogP contribution in [0.2, 0.25) is 10.0 Å². The zero-order valence-electron chi connectivity index (χ0n) is 18.5. The van der Waals surface area contributed by atoms with E-state index in [1.54, 1.807) is 12.1 Å². The number of hydrogen-bond donors (Lipinski definition) is 0. The monoisotopic (exact) mass is 545 g/mol. The number of carbonyl (C=O) groups is 1. The highest BCUT2D eigenvalue weighted by Gasteiger charge is 2.39. The van der Waals surface area contributed by atoms with Crippen molar-refractivity contribution in [1.82, 2.24) is 4.90 Å². The summed E-state index contributed by atoms with van der Waals surface area (Å²) >= 11 is 12.3. The Morgan fingerprint density at radius 2 is 1.36 bits per heavy atom. The summed E-state index contributed by atoms with van der Waals surface area (Å²) in [7, 11) is 0. The second kappa shape index (κ2) is 9.98. The molecule has 0 N–H and O–H groups in total. The molecule has 0 saturated carbocycles. The summed E-state index contributed by atoms with van der Waals surface area (Å²) < 4.78 is 79.9. The van der Waals surface area contributed by atoms with Gasteiger partial charge < -0.3 is 4.90 Å². The van der Waals surface area contributed by atoms with Gasteiger partial charge in [0.25, 0.3) is 5.91 Å². The molecule has 10 heteroatoms. The first-order chi connectivity index (χ1) is 16.8. The highest BCUT2D eigenvalue weighted by atomic mass is 35.5. The van der Waals surface area contributed by atoms with Crippen LogP contribution in [0.5, 0.6) is 0 Å². The van der Waals surface area contributed by atoms with Crippen molar-refractivity contribution >= 4 is 29.1 Å². The van der Waals surface area contributed by atoms with Crippen LogP contribution in [0.1, 0.15) is 50.9 Å². The maximum absolute atomic E-state index is 13.3. The lowest BCUT2D eigenvalue weighted by Crippen LogP contribution is -2.42. The van der Waals surface area contributed by atoms with Gasteiger partial charge in [0, 0.05) is 24.6 Å². The van der Waals surface area contributed by atoms with E-state index in [0.29, 0.717) is 28.6 Å². The molecule has 2 nitrogen and oxygen atoms in total. The lowest BCUT2D eigenvalue weighted by Gasteiger charge is -2.39. The normalized spacial score (nSPS) is 18.8. The number of carbonyl (C=O) groups excluding carboxylic acids is 1. The molecule has 0 bridgehead atoms. The van der Waals surface area contributed by atoms with Crippen LogP contribution in [-0.2, 0) is 12.4 Å². The molecule has 3 aromatic carbocycles. The fourth-order valence-corrected chi connectivity index (χ4v) is 4.88. The van der Waals surface area contributed by atoms with Gasteiger partial charge in [-0.05, 0) is 53.8 Å². The molecule has 3 aromatic rings. The largest absolute Gasteiger partial charge is 0.416 e. The molecule has 1 aliphatic rings. The maximum Gasteiger partial charge on any atom is 0.416 e. The molecule has 36 heavy (non-hydrogen) atoms. The number of amides is 1. The lowest BCUT2D eigenvalue weighted by molar-refractivity contribution is -0.143. The summed E-state index contributed by atoms with van der Waals surface area (Å²) in [6.07, 6.45) is -9.65. The number of nitrogens with zero attached hydrogens (tertiary/aromatic N) is 1. The van der Waals surface area contributed by atoms with Crippen LogP contribution in [0.25, 0.3) is 0 Å². The van der Waals surface area contributed by atoms with Gasteiger partial charge in [0.15, 0.2) is 0 Å². The van der Waals surface area contributed by atoms with Gasteiger partial charge in [0.05, 0.1) is 21.2 Å². The van der Waals surface area contributed by atoms with Crippen LogP contribution in [-0.4, -0.2) is 23.9 Å². The van der Waals surface area contributed by atoms with Gasteiger partial charge in [0.2, 0.25) is 0 Å². The molecule has 2 atom stereocenters. The summed E-state index contributed by atoms with van der Waals surface area (Å²) in [4.78, 5) is 14.5. The zero-order chi connectivity index (χ0) is 26.3. The SMILES string of the molecule is O=C(c1cc(C(F)(F)F)cc(C(F)(F)F)c1)N1CCC(c2ccc(Cl)c(Cl)c2)C(c2ccccc2)C1. The number of piperidine rings is 1. The minimum Gasteiger partial charge on any atom is -0.338 e. The van der Waals surface area contributed by atoms with Gasteiger partial charge >= 0.3 is 12.4 Å². The average Bonchev–Trinajstić information content (AvgIpc) is 2.84. The Kier molecular flexibility index (Phi) is 7.30. The van der Waals surface area contributed by atoms with Crippen molar-refractivity contribution in [1.29, 1.82) is 0 Å². The number of likely N-dealkylation sites (tertiary alicyclic amines) is 1. The molecule has 1 fully saturated rings. The first-order valence-electron chi connectivity index (χ1n) is 10.9. The Balaban J connectivity index is 1.70. The predicted octanol–water partition coefficient (Wildman–Crippen LogP) is 8.44. The van der Waals surface area contributed by atoms with Gasteiger partial charge in [-0.2, -0.15) is 26.3 Å². The Bertz CT molecular complexity index is 1230. The van der Waals surface area contributed by atoms with Crippen molar-refractivity contribution in [2.75, 3.05) is 13.1 Å². The van der Waals surface area contributed by atoms with Crippen LogP contribution in [0.3, 0.4) is 0 Å². The molecule has 1 heterocycles. The third-order valence-corrected chi connectivity index (χ3v) is 7.07. The molecule has 0 spiro atoms. The topological polar surface area (TPSA) is 20.3 Å². The van der Waals surface area contributed by atoms with E-state index in [2.05, 4.69) is 0 Å². The number of halogens is 8.